The maximum absolute atomic E-state index is 12.8. The summed E-state index contributed by atoms with van der Waals surface area (Å²) >= 11 is 5.54. The van der Waals surface area contributed by atoms with Crippen LogP contribution in [0.5, 0.6) is 0 Å². The van der Waals surface area contributed by atoms with Gasteiger partial charge in [-0.05, 0) is 49.4 Å². The van der Waals surface area contributed by atoms with Crippen LogP contribution in [0.1, 0.15) is 24.0 Å². The molecule has 84 valence electrons. The van der Waals surface area contributed by atoms with Crippen LogP contribution < -0.4 is 0 Å². The van der Waals surface area contributed by atoms with Crippen LogP contribution in [-0.2, 0) is 6.42 Å². The van der Waals surface area contributed by atoms with E-state index < -0.39 is 0 Å². The van der Waals surface area contributed by atoms with E-state index in [-0.39, 0.29) is 11.9 Å². The molecule has 1 aromatic rings. The number of aryl methyl sites for hydroxylation is 1. The average molecular weight is 231 g/mol. The maximum atomic E-state index is 12.8. The summed E-state index contributed by atoms with van der Waals surface area (Å²) in [7, 11) is 0. The van der Waals surface area contributed by atoms with Crippen molar-refractivity contribution in [3.63, 3.8) is 0 Å². The van der Waals surface area contributed by atoms with Gasteiger partial charge in [0.15, 0.2) is 0 Å². The fourth-order valence-electron chi connectivity index (χ4n) is 1.56. The second kappa shape index (κ2) is 6.09. The molecule has 0 saturated heterocycles. The number of rotatable bonds is 5. The van der Waals surface area contributed by atoms with Gasteiger partial charge in [0.25, 0.3) is 0 Å². The molecule has 1 rings (SSSR count). The van der Waals surface area contributed by atoms with Gasteiger partial charge in [-0.2, -0.15) is 0 Å². The quantitative estimate of drug-likeness (QED) is 0.771. The molecule has 0 amide bonds. The molecule has 1 unspecified atom stereocenters. The van der Waals surface area contributed by atoms with Crippen LogP contribution in [0.15, 0.2) is 18.2 Å². The molecule has 0 spiro atoms. The number of alkyl halides is 1. The molecule has 1 aromatic carbocycles. The smallest absolute Gasteiger partial charge is 0.123 e. The van der Waals surface area contributed by atoms with Crippen LogP contribution >= 0.6 is 11.6 Å². The zero-order valence-corrected chi connectivity index (χ0v) is 9.60. The molecule has 0 bridgehead atoms. The van der Waals surface area contributed by atoms with E-state index in [9.17, 15) is 9.50 Å². The van der Waals surface area contributed by atoms with E-state index in [2.05, 4.69) is 0 Å². The van der Waals surface area contributed by atoms with E-state index >= 15 is 0 Å². The lowest BCUT2D eigenvalue weighted by atomic mass is 10.0. The molecule has 0 fully saturated rings. The normalized spacial score (nSPS) is 12.8. The molecular formula is C12H16ClFO. The highest BCUT2D eigenvalue weighted by Crippen LogP contribution is 2.14. The van der Waals surface area contributed by atoms with Crippen LogP contribution in [-0.4, -0.2) is 17.1 Å². The number of hydrogen-bond donors (Lipinski definition) is 1. The van der Waals surface area contributed by atoms with E-state index in [1.165, 1.54) is 12.1 Å². The molecule has 0 saturated carbocycles. The third-order valence-electron chi connectivity index (χ3n) is 2.43. The van der Waals surface area contributed by atoms with Crippen molar-refractivity contribution in [2.45, 2.75) is 32.3 Å². The molecule has 1 nitrogen and oxygen atoms in total. The van der Waals surface area contributed by atoms with Crippen molar-refractivity contribution in [2.75, 3.05) is 5.88 Å². The number of halogens is 2. The molecule has 1 atom stereocenters. The molecule has 3 heteroatoms. The first-order valence-electron chi connectivity index (χ1n) is 5.12. The van der Waals surface area contributed by atoms with Crippen molar-refractivity contribution >= 4 is 11.6 Å². The Hall–Kier alpha value is -0.600. The van der Waals surface area contributed by atoms with Crippen molar-refractivity contribution in [3.8, 4) is 0 Å². The Morgan fingerprint density at radius 3 is 2.80 bits per heavy atom. The zero-order valence-electron chi connectivity index (χ0n) is 8.84. The van der Waals surface area contributed by atoms with E-state index in [0.717, 1.165) is 17.5 Å². The second-order valence-electron chi connectivity index (χ2n) is 3.76. The van der Waals surface area contributed by atoms with Gasteiger partial charge in [0, 0.05) is 5.88 Å². The lowest BCUT2D eigenvalue weighted by Gasteiger charge is -2.11. The number of aliphatic hydroxyl groups is 1. The van der Waals surface area contributed by atoms with Gasteiger partial charge < -0.3 is 5.11 Å². The summed E-state index contributed by atoms with van der Waals surface area (Å²) in [6, 6.07) is 4.65. The molecule has 1 N–H and O–H groups in total. The maximum Gasteiger partial charge on any atom is 0.123 e. The second-order valence-corrected chi connectivity index (χ2v) is 4.14. The van der Waals surface area contributed by atoms with Crippen LogP contribution in [0, 0.1) is 12.7 Å². The van der Waals surface area contributed by atoms with Gasteiger partial charge in [-0.15, -0.1) is 11.6 Å². The molecule has 0 aliphatic carbocycles. The summed E-state index contributed by atoms with van der Waals surface area (Å²) in [6.45, 7) is 1.85. The van der Waals surface area contributed by atoms with E-state index in [0.29, 0.717) is 18.7 Å². The predicted octanol–water partition coefficient (Wildman–Crippen LogP) is 3.06. The number of benzene rings is 1. The van der Waals surface area contributed by atoms with E-state index in [4.69, 9.17) is 11.6 Å². The van der Waals surface area contributed by atoms with Crippen molar-refractivity contribution in [2.24, 2.45) is 0 Å². The standard InChI is InChI=1S/C12H16ClFO/c1-9-7-11(14)5-4-10(9)8-12(15)3-2-6-13/h4-5,7,12,15H,2-3,6,8H2,1H3. The molecule has 0 aliphatic heterocycles. The Labute approximate surface area is 94.9 Å². The van der Waals surface area contributed by atoms with E-state index in [1.54, 1.807) is 6.07 Å². The topological polar surface area (TPSA) is 20.2 Å². The SMILES string of the molecule is Cc1cc(F)ccc1CC(O)CCCCl. The predicted molar refractivity (Wildman–Crippen MR) is 60.8 cm³/mol. The summed E-state index contributed by atoms with van der Waals surface area (Å²) in [5.74, 6) is 0.339. The number of hydrogen-bond acceptors (Lipinski definition) is 1. The minimum Gasteiger partial charge on any atom is -0.393 e. The van der Waals surface area contributed by atoms with Gasteiger partial charge in [-0.1, -0.05) is 6.07 Å². The molecule has 0 aromatic heterocycles. The molecule has 15 heavy (non-hydrogen) atoms. The third-order valence-corrected chi connectivity index (χ3v) is 2.70. The Morgan fingerprint density at radius 2 is 2.20 bits per heavy atom. The summed E-state index contributed by atoms with van der Waals surface area (Å²) in [4.78, 5) is 0. The zero-order chi connectivity index (χ0) is 11.3. The first-order valence-corrected chi connectivity index (χ1v) is 5.66. The first kappa shape index (κ1) is 12.5. The number of aliphatic hydroxyl groups excluding tert-OH is 1. The van der Waals surface area contributed by atoms with E-state index in [1.807, 2.05) is 6.92 Å². The minimum atomic E-state index is -0.382. The van der Waals surface area contributed by atoms with Crippen LogP contribution in [0.4, 0.5) is 4.39 Å². The van der Waals surface area contributed by atoms with Gasteiger partial charge in [-0.25, -0.2) is 4.39 Å². The lowest BCUT2D eigenvalue weighted by molar-refractivity contribution is 0.164. The van der Waals surface area contributed by atoms with Crippen molar-refractivity contribution < 1.29 is 9.50 Å². The molecule has 0 heterocycles. The highest BCUT2D eigenvalue weighted by atomic mass is 35.5. The van der Waals surface area contributed by atoms with Gasteiger partial charge in [-0.3, -0.25) is 0 Å². The van der Waals surface area contributed by atoms with Crippen LogP contribution in [0.2, 0.25) is 0 Å². The molecule has 0 radical (unpaired) electrons. The molecule has 0 aliphatic rings. The van der Waals surface area contributed by atoms with Gasteiger partial charge in [0.2, 0.25) is 0 Å². The van der Waals surface area contributed by atoms with Gasteiger partial charge in [0.05, 0.1) is 6.10 Å². The Morgan fingerprint density at radius 1 is 1.47 bits per heavy atom. The van der Waals surface area contributed by atoms with Gasteiger partial charge >= 0.3 is 0 Å². The Kier molecular flexibility index (Phi) is 5.06. The summed E-state index contributed by atoms with van der Waals surface area (Å²) < 4.78 is 12.8. The largest absolute Gasteiger partial charge is 0.393 e. The Balaban J connectivity index is 2.56. The first-order chi connectivity index (χ1) is 7.13. The summed E-state index contributed by atoms with van der Waals surface area (Å²) in [5.41, 5.74) is 1.89. The van der Waals surface area contributed by atoms with Crippen LogP contribution in [0.3, 0.4) is 0 Å². The van der Waals surface area contributed by atoms with Crippen molar-refractivity contribution in [3.05, 3.63) is 35.1 Å². The van der Waals surface area contributed by atoms with Gasteiger partial charge in [0.1, 0.15) is 5.82 Å². The summed E-state index contributed by atoms with van der Waals surface area (Å²) in [5, 5.41) is 9.68. The minimum absolute atomic E-state index is 0.230. The molecular weight excluding hydrogens is 215 g/mol. The monoisotopic (exact) mass is 230 g/mol. The van der Waals surface area contributed by atoms with Crippen molar-refractivity contribution in [1.29, 1.82) is 0 Å². The summed E-state index contributed by atoms with van der Waals surface area (Å²) in [6.07, 6.45) is 1.69. The lowest BCUT2D eigenvalue weighted by Crippen LogP contribution is -2.11. The fraction of sp³-hybridized carbons (Fsp3) is 0.500. The fourth-order valence-corrected chi connectivity index (χ4v) is 1.71. The third kappa shape index (κ3) is 4.18. The average Bonchev–Trinajstić information content (AvgIpc) is 2.19. The Bertz CT molecular complexity index is 314. The van der Waals surface area contributed by atoms with Crippen molar-refractivity contribution in [1.82, 2.24) is 0 Å². The highest BCUT2D eigenvalue weighted by Gasteiger charge is 2.07. The van der Waals surface area contributed by atoms with Crippen LogP contribution in [0.25, 0.3) is 0 Å². The highest BCUT2D eigenvalue weighted by molar-refractivity contribution is 6.17.